The number of ether oxygens (including phenoxy) is 1. The van der Waals surface area contributed by atoms with Crippen molar-refractivity contribution in [3.05, 3.63) is 0 Å². The fourth-order valence-electron chi connectivity index (χ4n) is 1.14. The Kier molecular flexibility index (Phi) is 10.9. The van der Waals surface area contributed by atoms with Gasteiger partial charge in [-0.3, -0.25) is 0 Å². The predicted octanol–water partition coefficient (Wildman–Crippen LogP) is 2.31. The van der Waals surface area contributed by atoms with Crippen LogP contribution in [-0.4, -0.2) is 31.4 Å². The maximum Gasteiger partial charge on any atom is 0.166 e. The van der Waals surface area contributed by atoms with E-state index >= 15 is 0 Å². The normalized spacial score (nSPS) is 10.5. The molecular formula is C12H26N2OS. The van der Waals surface area contributed by atoms with E-state index in [0.29, 0.717) is 5.92 Å². The molecule has 0 radical (unpaired) electrons. The highest BCUT2D eigenvalue weighted by Gasteiger charge is 1.95. The molecule has 3 nitrogen and oxygen atoms in total. The standard InChI is InChI=1S/C12H26N2OS/c1-4-5-7-13-12(16)14-8-6-9-15-10-11(2)3/h11H,4-10H2,1-3H3,(H2,13,14,16). The van der Waals surface area contributed by atoms with Gasteiger partial charge in [0, 0.05) is 26.3 Å². The first kappa shape index (κ1) is 15.7. The first-order valence-electron chi connectivity index (χ1n) is 6.26. The fourth-order valence-corrected chi connectivity index (χ4v) is 1.34. The van der Waals surface area contributed by atoms with E-state index in [-0.39, 0.29) is 0 Å². The second-order valence-electron chi connectivity index (χ2n) is 4.36. The summed E-state index contributed by atoms with van der Waals surface area (Å²) in [5.74, 6) is 0.616. The number of nitrogens with one attached hydrogen (secondary N) is 2. The molecular weight excluding hydrogens is 220 g/mol. The van der Waals surface area contributed by atoms with Crippen molar-refractivity contribution in [3.8, 4) is 0 Å². The molecule has 0 saturated carbocycles. The van der Waals surface area contributed by atoms with Crippen LogP contribution in [0.4, 0.5) is 0 Å². The molecule has 0 rings (SSSR count). The summed E-state index contributed by atoms with van der Waals surface area (Å²) in [5.41, 5.74) is 0. The number of hydrogen-bond donors (Lipinski definition) is 2. The summed E-state index contributed by atoms with van der Waals surface area (Å²) in [5, 5.41) is 7.10. The molecule has 0 bridgehead atoms. The zero-order valence-corrected chi connectivity index (χ0v) is 11.7. The quantitative estimate of drug-likeness (QED) is 0.483. The topological polar surface area (TPSA) is 33.3 Å². The average Bonchev–Trinajstić information content (AvgIpc) is 2.23. The molecule has 0 aromatic heterocycles. The van der Waals surface area contributed by atoms with Gasteiger partial charge in [-0.2, -0.15) is 0 Å². The highest BCUT2D eigenvalue weighted by atomic mass is 32.1. The second-order valence-corrected chi connectivity index (χ2v) is 4.77. The van der Waals surface area contributed by atoms with E-state index in [2.05, 4.69) is 31.4 Å². The Morgan fingerprint density at radius 1 is 1.19 bits per heavy atom. The third-order valence-electron chi connectivity index (χ3n) is 2.02. The molecule has 0 aromatic carbocycles. The van der Waals surface area contributed by atoms with Crippen molar-refractivity contribution in [2.75, 3.05) is 26.3 Å². The molecule has 0 unspecified atom stereocenters. The van der Waals surface area contributed by atoms with Gasteiger partial charge in [0.1, 0.15) is 0 Å². The van der Waals surface area contributed by atoms with E-state index in [9.17, 15) is 0 Å². The van der Waals surface area contributed by atoms with Crippen LogP contribution in [0.25, 0.3) is 0 Å². The molecule has 0 aliphatic carbocycles. The van der Waals surface area contributed by atoms with Crippen molar-refractivity contribution in [2.24, 2.45) is 5.92 Å². The number of unbranched alkanes of at least 4 members (excludes halogenated alkanes) is 1. The third-order valence-corrected chi connectivity index (χ3v) is 2.31. The SMILES string of the molecule is CCCCNC(=S)NCCCOCC(C)C. The zero-order valence-electron chi connectivity index (χ0n) is 10.8. The summed E-state index contributed by atoms with van der Waals surface area (Å²) < 4.78 is 5.47. The predicted molar refractivity (Wildman–Crippen MR) is 73.8 cm³/mol. The molecule has 96 valence electrons. The summed E-state index contributed by atoms with van der Waals surface area (Å²) in [7, 11) is 0. The van der Waals surface area contributed by atoms with E-state index < -0.39 is 0 Å². The largest absolute Gasteiger partial charge is 0.381 e. The highest BCUT2D eigenvalue weighted by Crippen LogP contribution is 1.92. The lowest BCUT2D eigenvalue weighted by Gasteiger charge is -2.10. The summed E-state index contributed by atoms with van der Waals surface area (Å²) >= 11 is 5.12. The van der Waals surface area contributed by atoms with Gasteiger partial charge in [0.05, 0.1) is 0 Å². The van der Waals surface area contributed by atoms with Gasteiger partial charge in [-0.1, -0.05) is 27.2 Å². The molecule has 0 heterocycles. The minimum Gasteiger partial charge on any atom is -0.381 e. The lowest BCUT2D eigenvalue weighted by Crippen LogP contribution is -2.36. The first-order chi connectivity index (χ1) is 7.66. The molecule has 0 spiro atoms. The first-order valence-corrected chi connectivity index (χ1v) is 6.67. The molecule has 0 amide bonds. The maximum atomic E-state index is 5.47. The van der Waals surface area contributed by atoms with Gasteiger partial charge < -0.3 is 15.4 Å². The van der Waals surface area contributed by atoms with Crippen molar-refractivity contribution in [1.82, 2.24) is 10.6 Å². The van der Waals surface area contributed by atoms with Gasteiger partial charge in [0.15, 0.2) is 5.11 Å². The van der Waals surface area contributed by atoms with Crippen molar-refractivity contribution >= 4 is 17.3 Å². The Hall–Kier alpha value is -0.350. The monoisotopic (exact) mass is 246 g/mol. The zero-order chi connectivity index (χ0) is 12.2. The second kappa shape index (κ2) is 11.1. The Labute approximate surface area is 105 Å². The number of thiocarbonyl (C=S) groups is 1. The lowest BCUT2D eigenvalue weighted by molar-refractivity contribution is 0.108. The van der Waals surface area contributed by atoms with Gasteiger partial charge in [-0.15, -0.1) is 0 Å². The molecule has 0 aliphatic rings. The molecule has 0 aromatic rings. The van der Waals surface area contributed by atoms with Crippen LogP contribution in [0, 0.1) is 5.92 Å². The minimum atomic E-state index is 0.616. The van der Waals surface area contributed by atoms with Gasteiger partial charge in [-0.05, 0) is 31.0 Å². The molecule has 0 aliphatic heterocycles. The van der Waals surface area contributed by atoms with Gasteiger partial charge in [-0.25, -0.2) is 0 Å². The minimum absolute atomic E-state index is 0.616. The van der Waals surface area contributed by atoms with Crippen LogP contribution in [0.5, 0.6) is 0 Å². The van der Waals surface area contributed by atoms with Crippen molar-refractivity contribution < 1.29 is 4.74 Å². The van der Waals surface area contributed by atoms with E-state index in [1.165, 1.54) is 12.8 Å². The Morgan fingerprint density at radius 2 is 1.81 bits per heavy atom. The van der Waals surface area contributed by atoms with Crippen LogP contribution in [-0.2, 0) is 4.74 Å². The Morgan fingerprint density at radius 3 is 2.38 bits per heavy atom. The summed E-state index contributed by atoms with van der Waals surface area (Å²) in [6, 6.07) is 0. The maximum absolute atomic E-state index is 5.47. The van der Waals surface area contributed by atoms with E-state index in [1.54, 1.807) is 0 Å². The number of rotatable bonds is 9. The van der Waals surface area contributed by atoms with E-state index in [1.807, 2.05) is 0 Å². The van der Waals surface area contributed by atoms with Crippen LogP contribution in [0.15, 0.2) is 0 Å². The van der Waals surface area contributed by atoms with E-state index in [4.69, 9.17) is 17.0 Å². The van der Waals surface area contributed by atoms with Gasteiger partial charge in [0.25, 0.3) is 0 Å². The van der Waals surface area contributed by atoms with Crippen molar-refractivity contribution in [3.63, 3.8) is 0 Å². The molecule has 2 N–H and O–H groups in total. The van der Waals surface area contributed by atoms with Crippen LogP contribution in [0.2, 0.25) is 0 Å². The molecule has 0 fully saturated rings. The average molecular weight is 246 g/mol. The van der Waals surface area contributed by atoms with Gasteiger partial charge >= 0.3 is 0 Å². The molecule has 16 heavy (non-hydrogen) atoms. The van der Waals surface area contributed by atoms with E-state index in [0.717, 1.165) is 37.8 Å². The van der Waals surface area contributed by atoms with Gasteiger partial charge in [0.2, 0.25) is 0 Å². The van der Waals surface area contributed by atoms with Crippen molar-refractivity contribution in [2.45, 2.75) is 40.0 Å². The Bertz CT molecular complexity index is 174. The lowest BCUT2D eigenvalue weighted by atomic mass is 10.2. The summed E-state index contributed by atoms with van der Waals surface area (Å²) in [6.45, 7) is 9.99. The van der Waals surface area contributed by atoms with Crippen LogP contribution < -0.4 is 10.6 Å². The highest BCUT2D eigenvalue weighted by molar-refractivity contribution is 7.80. The van der Waals surface area contributed by atoms with Crippen LogP contribution in [0.1, 0.15) is 40.0 Å². The third kappa shape index (κ3) is 11.7. The molecule has 0 saturated heterocycles. The molecule has 4 heteroatoms. The van der Waals surface area contributed by atoms with Crippen molar-refractivity contribution in [1.29, 1.82) is 0 Å². The summed E-state index contributed by atoms with van der Waals surface area (Å²) in [6.07, 6.45) is 3.36. The smallest absolute Gasteiger partial charge is 0.166 e. The van der Waals surface area contributed by atoms with Crippen LogP contribution in [0.3, 0.4) is 0 Å². The molecule has 0 atom stereocenters. The Balaban J connectivity index is 3.15. The number of hydrogen-bond acceptors (Lipinski definition) is 2. The summed E-state index contributed by atoms with van der Waals surface area (Å²) in [4.78, 5) is 0. The fraction of sp³-hybridized carbons (Fsp3) is 0.917. The van der Waals surface area contributed by atoms with Crippen LogP contribution >= 0.6 is 12.2 Å².